The predicted molar refractivity (Wildman–Crippen MR) is 60.2 cm³/mol. The van der Waals surface area contributed by atoms with Crippen LogP contribution >= 0.6 is 12.6 Å². The Kier molecular flexibility index (Phi) is 3.37. The van der Waals surface area contributed by atoms with Gasteiger partial charge in [-0.25, -0.2) is 4.68 Å². The lowest BCUT2D eigenvalue weighted by Gasteiger charge is -2.12. The second-order valence-electron chi connectivity index (χ2n) is 3.95. The molecule has 3 nitrogen and oxygen atoms in total. The number of thiol groups is 1. The van der Waals surface area contributed by atoms with E-state index in [-0.39, 0.29) is 11.6 Å². The summed E-state index contributed by atoms with van der Waals surface area (Å²) in [6, 6.07) is 1.82. The monoisotopic (exact) mass is 212 g/mol. The Hall–Kier alpha value is -0.770. The van der Waals surface area contributed by atoms with Crippen molar-refractivity contribution in [3.05, 3.63) is 22.1 Å². The first kappa shape index (κ1) is 11.3. The van der Waals surface area contributed by atoms with E-state index in [1.807, 2.05) is 27.7 Å². The van der Waals surface area contributed by atoms with Crippen molar-refractivity contribution < 1.29 is 0 Å². The van der Waals surface area contributed by atoms with E-state index in [0.29, 0.717) is 10.8 Å². The minimum Gasteiger partial charge on any atom is -0.267 e. The van der Waals surface area contributed by atoms with E-state index in [1.165, 1.54) is 4.68 Å². The van der Waals surface area contributed by atoms with E-state index in [9.17, 15) is 4.79 Å². The van der Waals surface area contributed by atoms with Gasteiger partial charge in [-0.1, -0.05) is 13.8 Å². The Morgan fingerprint density at radius 2 is 1.93 bits per heavy atom. The largest absolute Gasteiger partial charge is 0.280 e. The van der Waals surface area contributed by atoms with Crippen LogP contribution in [0.3, 0.4) is 0 Å². The van der Waals surface area contributed by atoms with Crippen LogP contribution in [-0.4, -0.2) is 9.78 Å². The van der Waals surface area contributed by atoms with Crippen molar-refractivity contribution >= 4 is 12.6 Å². The second kappa shape index (κ2) is 4.17. The molecule has 0 amide bonds. The van der Waals surface area contributed by atoms with Gasteiger partial charge in [0.15, 0.2) is 0 Å². The summed E-state index contributed by atoms with van der Waals surface area (Å²) >= 11 is 4.15. The van der Waals surface area contributed by atoms with E-state index in [1.54, 1.807) is 6.07 Å². The van der Waals surface area contributed by atoms with Crippen LogP contribution in [-0.2, 0) is 0 Å². The summed E-state index contributed by atoms with van der Waals surface area (Å²) in [5, 5.41) is 4.29. The van der Waals surface area contributed by atoms with Gasteiger partial charge in [0.25, 0.3) is 5.56 Å². The smallest absolute Gasteiger partial charge is 0.267 e. The van der Waals surface area contributed by atoms with Crippen LogP contribution in [0.1, 0.15) is 45.3 Å². The molecule has 0 bridgehead atoms. The molecule has 0 aliphatic heterocycles. The van der Waals surface area contributed by atoms with Crippen LogP contribution in [0.25, 0.3) is 0 Å². The van der Waals surface area contributed by atoms with Crippen molar-refractivity contribution in [3.8, 4) is 0 Å². The topological polar surface area (TPSA) is 34.9 Å². The fraction of sp³-hybridized carbons (Fsp3) is 0.600. The molecule has 1 rings (SSSR count). The third kappa shape index (κ3) is 2.18. The molecular formula is C10H16N2OS. The van der Waals surface area contributed by atoms with Crippen LogP contribution in [0, 0.1) is 0 Å². The van der Waals surface area contributed by atoms with Crippen LogP contribution in [0.5, 0.6) is 0 Å². The van der Waals surface area contributed by atoms with Crippen molar-refractivity contribution in [2.75, 3.05) is 0 Å². The highest BCUT2D eigenvalue weighted by molar-refractivity contribution is 7.80. The van der Waals surface area contributed by atoms with Crippen molar-refractivity contribution in [3.63, 3.8) is 0 Å². The Bertz CT molecular complexity index is 382. The van der Waals surface area contributed by atoms with Crippen molar-refractivity contribution in [2.24, 2.45) is 0 Å². The molecule has 1 aromatic heterocycles. The molecule has 0 spiro atoms. The minimum absolute atomic E-state index is 0.0760. The average molecular weight is 212 g/mol. The Labute approximate surface area is 89.6 Å². The predicted octanol–water partition coefficient (Wildman–Crippen LogP) is 2.24. The molecule has 0 fully saturated rings. The minimum atomic E-state index is -0.118. The molecule has 4 heteroatoms. The summed E-state index contributed by atoms with van der Waals surface area (Å²) in [4.78, 5) is 12.1. The summed E-state index contributed by atoms with van der Waals surface area (Å²) in [5.41, 5.74) is 0.788. The number of hydrogen-bond acceptors (Lipinski definition) is 3. The summed E-state index contributed by atoms with van der Waals surface area (Å²) in [5.74, 6) is 0.312. The van der Waals surface area contributed by atoms with Gasteiger partial charge in [-0.2, -0.15) is 5.10 Å². The second-order valence-corrected chi connectivity index (χ2v) is 4.43. The van der Waals surface area contributed by atoms with Gasteiger partial charge in [-0.05, 0) is 25.8 Å². The maximum absolute atomic E-state index is 11.6. The van der Waals surface area contributed by atoms with E-state index < -0.39 is 0 Å². The molecular weight excluding hydrogens is 196 g/mol. The summed E-state index contributed by atoms with van der Waals surface area (Å²) in [6.45, 7) is 7.97. The highest BCUT2D eigenvalue weighted by Crippen LogP contribution is 2.13. The Morgan fingerprint density at radius 3 is 2.36 bits per heavy atom. The molecule has 0 aromatic carbocycles. The van der Waals surface area contributed by atoms with Crippen LogP contribution < -0.4 is 5.56 Å². The molecule has 1 aromatic rings. The van der Waals surface area contributed by atoms with Gasteiger partial charge in [0.05, 0.1) is 16.6 Å². The van der Waals surface area contributed by atoms with E-state index in [0.717, 1.165) is 5.69 Å². The lowest BCUT2D eigenvalue weighted by molar-refractivity contribution is 0.480. The fourth-order valence-corrected chi connectivity index (χ4v) is 1.38. The molecule has 78 valence electrons. The van der Waals surface area contributed by atoms with Gasteiger partial charge in [-0.3, -0.25) is 4.79 Å². The number of nitrogens with zero attached hydrogens (tertiary/aromatic N) is 2. The lowest BCUT2D eigenvalue weighted by atomic mass is 10.1. The third-order valence-corrected chi connectivity index (χ3v) is 2.34. The maximum atomic E-state index is 11.6. The Balaban J connectivity index is 3.36. The zero-order valence-corrected chi connectivity index (χ0v) is 9.88. The molecule has 0 radical (unpaired) electrons. The zero-order valence-electron chi connectivity index (χ0n) is 8.98. The first-order valence-corrected chi connectivity index (χ1v) is 5.21. The van der Waals surface area contributed by atoms with E-state index in [4.69, 9.17) is 0 Å². The van der Waals surface area contributed by atoms with Gasteiger partial charge < -0.3 is 0 Å². The van der Waals surface area contributed by atoms with E-state index >= 15 is 0 Å². The standard InChI is InChI=1S/C10H16N2OS/c1-6(2)8-5-9(14)10(13)12(11-8)7(3)4/h5-7,14H,1-4H3. The molecule has 0 unspecified atom stereocenters. The highest BCUT2D eigenvalue weighted by Gasteiger charge is 2.10. The van der Waals surface area contributed by atoms with Gasteiger partial charge in [0, 0.05) is 0 Å². The molecule has 1 heterocycles. The number of aromatic nitrogens is 2. The Morgan fingerprint density at radius 1 is 1.36 bits per heavy atom. The first-order chi connectivity index (χ1) is 6.43. The zero-order chi connectivity index (χ0) is 10.9. The summed E-state index contributed by atoms with van der Waals surface area (Å²) in [6.07, 6.45) is 0. The quantitative estimate of drug-likeness (QED) is 0.763. The molecule has 0 aliphatic carbocycles. The number of hydrogen-bond donors (Lipinski definition) is 1. The normalized spacial score (nSPS) is 11.4. The maximum Gasteiger partial charge on any atom is 0.280 e. The summed E-state index contributed by atoms with van der Waals surface area (Å²) < 4.78 is 1.48. The average Bonchev–Trinajstić information content (AvgIpc) is 2.08. The molecule has 14 heavy (non-hydrogen) atoms. The molecule has 0 saturated carbocycles. The number of rotatable bonds is 2. The van der Waals surface area contributed by atoms with Crippen molar-refractivity contribution in [1.29, 1.82) is 0 Å². The van der Waals surface area contributed by atoms with Crippen molar-refractivity contribution in [2.45, 2.75) is 44.6 Å². The van der Waals surface area contributed by atoms with Crippen LogP contribution in [0.4, 0.5) is 0 Å². The molecule has 0 aliphatic rings. The van der Waals surface area contributed by atoms with Crippen molar-refractivity contribution in [1.82, 2.24) is 9.78 Å². The van der Waals surface area contributed by atoms with Gasteiger partial charge in [0.1, 0.15) is 0 Å². The van der Waals surface area contributed by atoms with Gasteiger partial charge in [-0.15, -0.1) is 12.6 Å². The highest BCUT2D eigenvalue weighted by atomic mass is 32.1. The SMILES string of the molecule is CC(C)c1cc(S)c(=O)n(C(C)C)n1. The molecule has 0 saturated heterocycles. The summed E-state index contributed by atoms with van der Waals surface area (Å²) in [7, 11) is 0. The first-order valence-electron chi connectivity index (χ1n) is 4.76. The van der Waals surface area contributed by atoms with Gasteiger partial charge in [0.2, 0.25) is 0 Å². The van der Waals surface area contributed by atoms with Gasteiger partial charge >= 0.3 is 0 Å². The fourth-order valence-electron chi connectivity index (χ4n) is 1.15. The lowest BCUT2D eigenvalue weighted by Crippen LogP contribution is -2.26. The van der Waals surface area contributed by atoms with E-state index in [2.05, 4.69) is 17.7 Å². The third-order valence-electron chi connectivity index (χ3n) is 2.02. The van der Waals surface area contributed by atoms with Crippen LogP contribution in [0.2, 0.25) is 0 Å². The molecule has 0 N–H and O–H groups in total. The van der Waals surface area contributed by atoms with Crippen LogP contribution in [0.15, 0.2) is 15.8 Å². The molecule has 0 atom stereocenters.